The van der Waals surface area contributed by atoms with Crippen LogP contribution in [-0.2, 0) is 17.7 Å². The van der Waals surface area contributed by atoms with Crippen molar-refractivity contribution in [2.75, 3.05) is 12.3 Å². The van der Waals surface area contributed by atoms with Crippen molar-refractivity contribution >= 4 is 17.6 Å². The molecular formula is C13H18N4O4. The third kappa shape index (κ3) is 3.39. The zero-order valence-corrected chi connectivity index (χ0v) is 12.3. The summed E-state index contributed by atoms with van der Waals surface area (Å²) in [5.41, 5.74) is 6.07. The largest absolute Gasteiger partial charge is 0.444 e. The number of aromatic nitrogens is 1. The number of nitro groups is 1. The average Bonchev–Trinajstić information content (AvgIpc) is 2.35. The fourth-order valence-electron chi connectivity index (χ4n) is 2.10. The maximum atomic E-state index is 12.0. The minimum atomic E-state index is -0.581. The maximum absolute atomic E-state index is 12.0. The van der Waals surface area contributed by atoms with Crippen molar-refractivity contribution in [3.8, 4) is 0 Å². The second kappa shape index (κ2) is 5.19. The van der Waals surface area contributed by atoms with Gasteiger partial charge in [-0.15, -0.1) is 0 Å². The highest BCUT2D eigenvalue weighted by atomic mass is 16.6. The minimum Gasteiger partial charge on any atom is -0.444 e. The molecule has 0 aliphatic carbocycles. The SMILES string of the molecule is CC(C)(C)OC(=O)N1CCc2nc(N)c([N+](=O)[O-])cc2C1. The second-order valence-electron chi connectivity index (χ2n) is 5.91. The second-order valence-corrected chi connectivity index (χ2v) is 5.91. The van der Waals surface area contributed by atoms with Gasteiger partial charge in [-0.2, -0.15) is 0 Å². The normalized spacial score (nSPS) is 14.5. The molecule has 114 valence electrons. The van der Waals surface area contributed by atoms with Crippen molar-refractivity contribution in [1.82, 2.24) is 9.88 Å². The number of ether oxygens (including phenoxy) is 1. The van der Waals surface area contributed by atoms with Gasteiger partial charge < -0.3 is 15.4 Å². The number of hydrogen-bond donors (Lipinski definition) is 1. The number of carbonyl (C=O) groups is 1. The molecule has 1 aromatic heterocycles. The van der Waals surface area contributed by atoms with Crippen LogP contribution in [0, 0.1) is 10.1 Å². The van der Waals surface area contributed by atoms with E-state index in [0.29, 0.717) is 24.2 Å². The van der Waals surface area contributed by atoms with Crippen molar-refractivity contribution in [1.29, 1.82) is 0 Å². The fraction of sp³-hybridized carbons (Fsp3) is 0.538. The third-order valence-electron chi connectivity index (χ3n) is 3.03. The molecule has 2 rings (SSSR count). The molecular weight excluding hydrogens is 276 g/mol. The first-order chi connectivity index (χ1) is 9.67. The molecule has 0 saturated carbocycles. The summed E-state index contributed by atoms with van der Waals surface area (Å²) in [7, 11) is 0. The summed E-state index contributed by atoms with van der Waals surface area (Å²) in [6.07, 6.45) is 0.0594. The van der Waals surface area contributed by atoms with E-state index in [2.05, 4.69) is 4.98 Å². The summed E-state index contributed by atoms with van der Waals surface area (Å²) in [6.45, 7) is 6.05. The molecule has 0 aromatic carbocycles. The fourth-order valence-corrected chi connectivity index (χ4v) is 2.10. The van der Waals surface area contributed by atoms with Crippen LogP contribution < -0.4 is 5.73 Å². The van der Waals surface area contributed by atoms with E-state index < -0.39 is 16.6 Å². The molecule has 0 atom stereocenters. The van der Waals surface area contributed by atoms with Crippen LogP contribution in [0.2, 0.25) is 0 Å². The van der Waals surface area contributed by atoms with Crippen molar-refractivity contribution in [3.63, 3.8) is 0 Å². The molecule has 2 heterocycles. The monoisotopic (exact) mass is 294 g/mol. The molecule has 2 N–H and O–H groups in total. The number of nitrogen functional groups attached to an aromatic ring is 1. The molecule has 1 aliphatic heterocycles. The quantitative estimate of drug-likeness (QED) is 0.625. The van der Waals surface area contributed by atoms with Gasteiger partial charge in [-0.3, -0.25) is 10.1 Å². The number of nitrogens with zero attached hydrogens (tertiary/aromatic N) is 3. The van der Waals surface area contributed by atoms with Crippen molar-refractivity contribution in [2.24, 2.45) is 0 Å². The highest BCUT2D eigenvalue weighted by Crippen LogP contribution is 2.27. The lowest BCUT2D eigenvalue weighted by Gasteiger charge is -2.30. The van der Waals surface area contributed by atoms with Crippen LogP contribution >= 0.6 is 0 Å². The Labute approximate surface area is 122 Å². The number of amides is 1. The van der Waals surface area contributed by atoms with Gasteiger partial charge >= 0.3 is 11.8 Å². The zero-order valence-electron chi connectivity index (χ0n) is 12.3. The summed E-state index contributed by atoms with van der Waals surface area (Å²) < 4.78 is 5.30. The predicted molar refractivity (Wildman–Crippen MR) is 75.7 cm³/mol. The Bertz CT molecular complexity index is 595. The van der Waals surface area contributed by atoms with Gasteiger partial charge in [0, 0.05) is 24.6 Å². The Balaban J connectivity index is 2.22. The number of hydrogen-bond acceptors (Lipinski definition) is 6. The molecule has 1 aliphatic rings. The molecule has 0 radical (unpaired) electrons. The van der Waals surface area contributed by atoms with Crippen LogP contribution in [0.4, 0.5) is 16.3 Å². The first-order valence-electron chi connectivity index (χ1n) is 6.58. The average molecular weight is 294 g/mol. The van der Waals surface area contributed by atoms with Crippen LogP contribution in [-0.4, -0.2) is 33.0 Å². The Morgan fingerprint density at radius 3 is 2.76 bits per heavy atom. The van der Waals surface area contributed by atoms with E-state index in [1.165, 1.54) is 11.0 Å². The number of pyridine rings is 1. The van der Waals surface area contributed by atoms with E-state index in [1.54, 1.807) is 20.8 Å². The molecule has 8 nitrogen and oxygen atoms in total. The van der Waals surface area contributed by atoms with Crippen molar-refractivity contribution in [2.45, 2.75) is 39.3 Å². The number of rotatable bonds is 1. The Morgan fingerprint density at radius 2 is 2.19 bits per heavy atom. The molecule has 0 bridgehead atoms. The molecule has 0 unspecified atom stereocenters. The van der Waals surface area contributed by atoms with Crippen LogP contribution in [0.15, 0.2) is 6.07 Å². The Hall–Kier alpha value is -2.38. The predicted octanol–water partition coefficient (Wildman–Crippen LogP) is 1.87. The number of carbonyl (C=O) groups excluding carboxylic acids is 1. The van der Waals surface area contributed by atoms with E-state index in [4.69, 9.17) is 10.5 Å². The molecule has 1 amide bonds. The number of nitrogens with two attached hydrogens (primary N) is 1. The molecule has 0 spiro atoms. The Kier molecular flexibility index (Phi) is 3.71. The topological polar surface area (TPSA) is 112 Å². The lowest BCUT2D eigenvalue weighted by molar-refractivity contribution is -0.384. The molecule has 1 aromatic rings. The van der Waals surface area contributed by atoms with Gasteiger partial charge in [0.25, 0.3) is 0 Å². The molecule has 8 heteroatoms. The highest BCUT2D eigenvalue weighted by molar-refractivity contribution is 5.69. The first kappa shape index (κ1) is 15.0. The lowest BCUT2D eigenvalue weighted by Crippen LogP contribution is -2.40. The number of fused-ring (bicyclic) bond motifs is 1. The van der Waals surface area contributed by atoms with E-state index in [1.807, 2.05) is 0 Å². The van der Waals surface area contributed by atoms with E-state index in [-0.39, 0.29) is 18.1 Å². The van der Waals surface area contributed by atoms with Gasteiger partial charge in [0.1, 0.15) is 5.60 Å². The summed E-state index contributed by atoms with van der Waals surface area (Å²) in [5.74, 6) is -0.0931. The van der Waals surface area contributed by atoms with Gasteiger partial charge in [-0.05, 0) is 20.8 Å². The molecule has 0 saturated heterocycles. The molecule has 21 heavy (non-hydrogen) atoms. The standard InChI is InChI=1S/C13H18N4O4/c1-13(2,3)21-12(18)16-5-4-9-8(7-16)6-10(17(19)20)11(14)15-9/h6H,4-5,7H2,1-3H3,(H2,14,15). The summed E-state index contributed by atoms with van der Waals surface area (Å²) in [4.78, 5) is 27.9. The van der Waals surface area contributed by atoms with Crippen LogP contribution in [0.1, 0.15) is 32.0 Å². The lowest BCUT2D eigenvalue weighted by atomic mass is 10.1. The molecule has 0 fully saturated rings. The Morgan fingerprint density at radius 1 is 1.52 bits per heavy atom. The van der Waals surface area contributed by atoms with Crippen molar-refractivity contribution < 1.29 is 14.5 Å². The van der Waals surface area contributed by atoms with E-state index in [0.717, 1.165) is 0 Å². The van der Waals surface area contributed by atoms with Gasteiger partial charge in [0.2, 0.25) is 5.82 Å². The third-order valence-corrected chi connectivity index (χ3v) is 3.03. The minimum absolute atomic E-state index is 0.0931. The van der Waals surface area contributed by atoms with Gasteiger partial charge in [-0.25, -0.2) is 9.78 Å². The zero-order chi connectivity index (χ0) is 15.8. The van der Waals surface area contributed by atoms with Crippen LogP contribution in [0.3, 0.4) is 0 Å². The van der Waals surface area contributed by atoms with Crippen LogP contribution in [0.25, 0.3) is 0 Å². The smallest absolute Gasteiger partial charge is 0.410 e. The van der Waals surface area contributed by atoms with E-state index >= 15 is 0 Å². The number of anilines is 1. The highest BCUT2D eigenvalue weighted by Gasteiger charge is 2.28. The van der Waals surface area contributed by atoms with Gasteiger partial charge in [-0.1, -0.05) is 0 Å². The first-order valence-corrected chi connectivity index (χ1v) is 6.58. The van der Waals surface area contributed by atoms with Crippen molar-refractivity contribution in [3.05, 3.63) is 27.4 Å². The summed E-state index contributed by atoms with van der Waals surface area (Å²) in [6, 6.07) is 1.38. The van der Waals surface area contributed by atoms with E-state index in [9.17, 15) is 14.9 Å². The summed E-state index contributed by atoms with van der Waals surface area (Å²) >= 11 is 0. The van der Waals surface area contributed by atoms with Gasteiger partial charge in [0.15, 0.2) is 0 Å². The van der Waals surface area contributed by atoms with Gasteiger partial charge in [0.05, 0.1) is 17.2 Å². The summed E-state index contributed by atoms with van der Waals surface area (Å²) in [5, 5.41) is 10.9. The maximum Gasteiger partial charge on any atom is 0.410 e. The van der Waals surface area contributed by atoms with Crippen LogP contribution in [0.5, 0.6) is 0 Å².